The first-order valence-electron chi connectivity index (χ1n) is 6.76. The Labute approximate surface area is 122 Å². The van der Waals surface area contributed by atoms with Gasteiger partial charge in [0.25, 0.3) is 0 Å². The summed E-state index contributed by atoms with van der Waals surface area (Å²) in [5.41, 5.74) is 10.5. The van der Waals surface area contributed by atoms with E-state index in [0.29, 0.717) is 6.54 Å². The summed E-state index contributed by atoms with van der Waals surface area (Å²) in [6, 6.07) is 8.49. The second-order valence-corrected chi connectivity index (χ2v) is 5.47. The fourth-order valence-electron chi connectivity index (χ4n) is 2.21. The van der Waals surface area contributed by atoms with Crippen LogP contribution < -0.4 is 5.73 Å². The van der Waals surface area contributed by atoms with E-state index in [4.69, 9.17) is 10.8 Å². The van der Waals surface area contributed by atoms with Gasteiger partial charge in [-0.15, -0.1) is 0 Å². The summed E-state index contributed by atoms with van der Waals surface area (Å²) >= 11 is 3.54. The topological polar surface area (TPSA) is 43.8 Å². The molecule has 0 amide bonds. The van der Waals surface area contributed by atoms with Crippen LogP contribution in [0.4, 0.5) is 0 Å². The van der Waals surface area contributed by atoms with Gasteiger partial charge in [-0.2, -0.15) is 5.10 Å². The van der Waals surface area contributed by atoms with E-state index >= 15 is 0 Å². The molecule has 2 rings (SSSR count). The molecule has 0 aliphatic carbocycles. The largest absolute Gasteiger partial charge is 0.330 e. The molecule has 3 nitrogen and oxygen atoms in total. The van der Waals surface area contributed by atoms with E-state index in [1.807, 2.05) is 0 Å². The normalized spacial score (nSPS) is 10.9. The summed E-state index contributed by atoms with van der Waals surface area (Å²) in [5.74, 6) is 0. The monoisotopic (exact) mass is 321 g/mol. The third kappa shape index (κ3) is 3.07. The van der Waals surface area contributed by atoms with Gasteiger partial charge in [-0.25, -0.2) is 4.68 Å². The summed E-state index contributed by atoms with van der Waals surface area (Å²) < 4.78 is 3.13. The molecule has 0 bridgehead atoms. The Morgan fingerprint density at radius 1 is 1.21 bits per heavy atom. The molecule has 2 N–H and O–H groups in total. The van der Waals surface area contributed by atoms with Crippen LogP contribution in [0.5, 0.6) is 0 Å². The fraction of sp³-hybridized carbons (Fsp3) is 0.400. The molecule has 0 spiro atoms. The van der Waals surface area contributed by atoms with Crippen LogP contribution in [0.15, 0.2) is 28.7 Å². The van der Waals surface area contributed by atoms with Crippen molar-refractivity contribution in [1.29, 1.82) is 0 Å². The first-order chi connectivity index (χ1) is 9.19. The molecule has 0 fully saturated rings. The smallest absolute Gasteiger partial charge is 0.0692 e. The lowest BCUT2D eigenvalue weighted by molar-refractivity contribution is 0.780. The molecule has 0 atom stereocenters. The number of aromatic nitrogens is 2. The lowest BCUT2D eigenvalue weighted by Gasteiger charge is -2.12. The van der Waals surface area contributed by atoms with Gasteiger partial charge in [-0.1, -0.05) is 35.8 Å². The number of benzene rings is 1. The van der Waals surface area contributed by atoms with Gasteiger partial charge < -0.3 is 5.73 Å². The highest BCUT2D eigenvalue weighted by molar-refractivity contribution is 9.10. The minimum Gasteiger partial charge on any atom is -0.330 e. The van der Waals surface area contributed by atoms with Gasteiger partial charge in [0.05, 0.1) is 11.4 Å². The Morgan fingerprint density at radius 2 is 2.00 bits per heavy atom. The number of nitrogens with zero attached hydrogens (tertiary/aromatic N) is 2. The summed E-state index contributed by atoms with van der Waals surface area (Å²) in [7, 11) is 0. The van der Waals surface area contributed by atoms with Crippen LogP contribution in [0.2, 0.25) is 0 Å². The molecule has 1 heterocycles. The molecular weight excluding hydrogens is 302 g/mol. The van der Waals surface area contributed by atoms with Crippen molar-refractivity contribution in [1.82, 2.24) is 9.78 Å². The zero-order valence-electron chi connectivity index (χ0n) is 11.5. The third-order valence-corrected chi connectivity index (χ3v) is 3.74. The minimum atomic E-state index is 0.651. The maximum Gasteiger partial charge on any atom is 0.0692 e. The van der Waals surface area contributed by atoms with E-state index in [0.717, 1.165) is 35.1 Å². The van der Waals surface area contributed by atoms with Crippen molar-refractivity contribution in [2.24, 2.45) is 5.73 Å². The molecule has 4 heteroatoms. The molecule has 0 aliphatic rings. The van der Waals surface area contributed by atoms with Crippen molar-refractivity contribution in [3.63, 3.8) is 0 Å². The highest BCUT2D eigenvalue weighted by Gasteiger charge is 2.11. The predicted octanol–water partition coefficient (Wildman–Crippen LogP) is 3.26. The van der Waals surface area contributed by atoms with Crippen LogP contribution >= 0.6 is 15.9 Å². The quantitative estimate of drug-likeness (QED) is 0.918. The standard InChI is InChI=1S/C15H20BrN3/c1-3-13-10-14(4-2)19(18-13)15-9-12(16)6-5-11(15)7-8-17/h5-6,9-10H,3-4,7-8,17H2,1-2H3. The molecule has 102 valence electrons. The van der Waals surface area contributed by atoms with Crippen LogP contribution in [-0.4, -0.2) is 16.3 Å². The molecule has 0 radical (unpaired) electrons. The number of hydrogen-bond acceptors (Lipinski definition) is 2. The number of nitrogens with two attached hydrogens (primary N) is 1. The van der Waals surface area contributed by atoms with Crippen molar-refractivity contribution < 1.29 is 0 Å². The van der Waals surface area contributed by atoms with E-state index in [2.05, 4.69) is 58.7 Å². The van der Waals surface area contributed by atoms with E-state index < -0.39 is 0 Å². The highest BCUT2D eigenvalue weighted by atomic mass is 79.9. The fourth-order valence-corrected chi connectivity index (χ4v) is 2.56. The molecule has 0 saturated heterocycles. The molecule has 0 aliphatic heterocycles. The zero-order chi connectivity index (χ0) is 13.8. The Balaban J connectivity index is 2.56. The van der Waals surface area contributed by atoms with Crippen molar-refractivity contribution in [3.05, 3.63) is 45.7 Å². The van der Waals surface area contributed by atoms with Crippen LogP contribution in [0.1, 0.15) is 30.8 Å². The summed E-state index contributed by atoms with van der Waals surface area (Å²) in [6.07, 6.45) is 2.80. The van der Waals surface area contributed by atoms with E-state index in [1.165, 1.54) is 11.3 Å². The average Bonchev–Trinajstić information content (AvgIpc) is 2.84. The average molecular weight is 322 g/mol. The number of halogens is 1. The van der Waals surface area contributed by atoms with Crippen molar-refractivity contribution >= 4 is 15.9 Å². The number of hydrogen-bond donors (Lipinski definition) is 1. The van der Waals surface area contributed by atoms with Gasteiger partial charge in [0, 0.05) is 10.2 Å². The third-order valence-electron chi connectivity index (χ3n) is 3.25. The number of aryl methyl sites for hydroxylation is 2. The molecule has 1 aromatic carbocycles. The van der Waals surface area contributed by atoms with Crippen molar-refractivity contribution in [2.45, 2.75) is 33.1 Å². The van der Waals surface area contributed by atoms with Crippen molar-refractivity contribution in [3.8, 4) is 5.69 Å². The Hall–Kier alpha value is -1.13. The van der Waals surface area contributed by atoms with E-state index in [1.54, 1.807) is 0 Å². The van der Waals surface area contributed by atoms with Gasteiger partial charge in [-0.05, 0) is 49.6 Å². The van der Waals surface area contributed by atoms with Gasteiger partial charge in [0.1, 0.15) is 0 Å². The molecular formula is C15H20BrN3. The summed E-state index contributed by atoms with van der Waals surface area (Å²) in [4.78, 5) is 0. The minimum absolute atomic E-state index is 0.651. The van der Waals surface area contributed by atoms with Crippen molar-refractivity contribution in [2.75, 3.05) is 6.54 Å². The molecule has 0 saturated carbocycles. The van der Waals surface area contributed by atoms with Gasteiger partial charge in [-0.3, -0.25) is 0 Å². The maximum atomic E-state index is 5.71. The van der Waals surface area contributed by atoms with Gasteiger partial charge >= 0.3 is 0 Å². The molecule has 0 unspecified atom stereocenters. The lowest BCUT2D eigenvalue weighted by atomic mass is 10.1. The van der Waals surface area contributed by atoms with Gasteiger partial charge in [0.15, 0.2) is 0 Å². The SMILES string of the molecule is CCc1cc(CC)n(-c2cc(Br)ccc2CCN)n1. The van der Waals surface area contributed by atoms with Gasteiger partial charge in [0.2, 0.25) is 0 Å². The maximum absolute atomic E-state index is 5.71. The number of rotatable bonds is 5. The highest BCUT2D eigenvalue weighted by Crippen LogP contribution is 2.23. The molecule has 1 aromatic heterocycles. The van der Waals surface area contributed by atoms with Crippen LogP contribution in [-0.2, 0) is 19.3 Å². The first kappa shape index (κ1) is 14.3. The lowest BCUT2D eigenvalue weighted by Crippen LogP contribution is -2.09. The Morgan fingerprint density at radius 3 is 2.63 bits per heavy atom. The Kier molecular flexibility index (Phi) is 4.77. The Bertz CT molecular complexity index is 561. The van der Waals surface area contributed by atoms with E-state index in [9.17, 15) is 0 Å². The van der Waals surface area contributed by atoms with E-state index in [-0.39, 0.29) is 0 Å². The molecule has 2 aromatic rings. The predicted molar refractivity (Wildman–Crippen MR) is 82.8 cm³/mol. The second-order valence-electron chi connectivity index (χ2n) is 4.56. The van der Waals surface area contributed by atoms with Crippen LogP contribution in [0.25, 0.3) is 5.69 Å². The zero-order valence-corrected chi connectivity index (χ0v) is 13.1. The van der Waals surface area contributed by atoms with Crippen LogP contribution in [0, 0.1) is 0 Å². The molecule has 19 heavy (non-hydrogen) atoms. The second kappa shape index (κ2) is 6.35. The van der Waals surface area contributed by atoms with Crippen LogP contribution in [0.3, 0.4) is 0 Å². The summed E-state index contributed by atoms with van der Waals surface area (Å²) in [6.45, 7) is 4.94. The summed E-state index contributed by atoms with van der Waals surface area (Å²) in [5, 5.41) is 4.71. The first-order valence-corrected chi connectivity index (χ1v) is 7.55.